The molecule has 0 amide bonds. The SMILES string of the molecule is CCC1(CO)CCN(CCCCCO)CC1. The first-order valence-corrected chi connectivity index (χ1v) is 6.70. The van der Waals surface area contributed by atoms with Crippen molar-refractivity contribution >= 4 is 0 Å². The minimum Gasteiger partial charge on any atom is -0.396 e. The second kappa shape index (κ2) is 7.25. The number of aliphatic hydroxyl groups is 2. The monoisotopic (exact) mass is 229 g/mol. The summed E-state index contributed by atoms with van der Waals surface area (Å²) in [6.45, 7) is 6.28. The van der Waals surface area contributed by atoms with Crippen LogP contribution in [0.5, 0.6) is 0 Å². The molecule has 16 heavy (non-hydrogen) atoms. The van der Waals surface area contributed by atoms with Gasteiger partial charge in [0.1, 0.15) is 0 Å². The summed E-state index contributed by atoms with van der Waals surface area (Å²) in [5.74, 6) is 0. The fourth-order valence-corrected chi connectivity index (χ4v) is 2.50. The Morgan fingerprint density at radius 2 is 1.75 bits per heavy atom. The van der Waals surface area contributed by atoms with Crippen molar-refractivity contribution in [3.63, 3.8) is 0 Å². The van der Waals surface area contributed by atoms with E-state index in [1.54, 1.807) is 0 Å². The third-order valence-corrected chi connectivity index (χ3v) is 4.13. The van der Waals surface area contributed by atoms with Gasteiger partial charge in [-0.25, -0.2) is 0 Å². The first-order valence-electron chi connectivity index (χ1n) is 6.70. The lowest BCUT2D eigenvalue weighted by Crippen LogP contribution is -2.42. The second-order valence-electron chi connectivity index (χ2n) is 5.14. The number of hydrogen-bond acceptors (Lipinski definition) is 3. The maximum absolute atomic E-state index is 9.43. The molecule has 2 N–H and O–H groups in total. The average Bonchev–Trinajstić information content (AvgIpc) is 2.36. The minimum atomic E-state index is 0.210. The highest BCUT2D eigenvalue weighted by Crippen LogP contribution is 2.34. The molecular formula is C13H27NO2. The minimum absolute atomic E-state index is 0.210. The fourth-order valence-electron chi connectivity index (χ4n) is 2.50. The van der Waals surface area contributed by atoms with E-state index in [0.717, 1.165) is 51.7 Å². The van der Waals surface area contributed by atoms with Crippen LogP contribution < -0.4 is 0 Å². The van der Waals surface area contributed by atoms with E-state index < -0.39 is 0 Å². The van der Waals surface area contributed by atoms with Gasteiger partial charge in [0.15, 0.2) is 0 Å². The van der Waals surface area contributed by atoms with Gasteiger partial charge in [0.2, 0.25) is 0 Å². The molecule has 0 saturated carbocycles. The maximum atomic E-state index is 9.43. The molecular weight excluding hydrogens is 202 g/mol. The molecule has 1 heterocycles. The summed E-state index contributed by atoms with van der Waals surface area (Å²) in [4.78, 5) is 2.50. The van der Waals surface area contributed by atoms with Gasteiger partial charge < -0.3 is 15.1 Å². The molecule has 1 aliphatic heterocycles. The predicted molar refractivity (Wildman–Crippen MR) is 66.4 cm³/mol. The van der Waals surface area contributed by atoms with E-state index in [1.807, 2.05) is 0 Å². The van der Waals surface area contributed by atoms with Crippen LogP contribution in [0.4, 0.5) is 0 Å². The van der Waals surface area contributed by atoms with Crippen LogP contribution in [0.3, 0.4) is 0 Å². The Bertz CT molecular complexity index is 171. The van der Waals surface area contributed by atoms with Gasteiger partial charge in [0.05, 0.1) is 0 Å². The van der Waals surface area contributed by atoms with Crippen molar-refractivity contribution in [1.29, 1.82) is 0 Å². The van der Waals surface area contributed by atoms with Gasteiger partial charge in [0.25, 0.3) is 0 Å². The summed E-state index contributed by atoms with van der Waals surface area (Å²) in [7, 11) is 0. The molecule has 0 aromatic heterocycles. The largest absolute Gasteiger partial charge is 0.396 e. The van der Waals surface area contributed by atoms with Crippen molar-refractivity contribution in [3.8, 4) is 0 Å². The van der Waals surface area contributed by atoms with E-state index in [9.17, 15) is 5.11 Å². The van der Waals surface area contributed by atoms with E-state index in [2.05, 4.69) is 11.8 Å². The van der Waals surface area contributed by atoms with Crippen molar-refractivity contribution in [2.24, 2.45) is 5.41 Å². The molecule has 0 aromatic rings. The van der Waals surface area contributed by atoms with Gasteiger partial charge in [-0.3, -0.25) is 0 Å². The van der Waals surface area contributed by atoms with E-state index in [0.29, 0.717) is 13.2 Å². The number of unbranched alkanes of at least 4 members (excludes halogenated alkanes) is 2. The van der Waals surface area contributed by atoms with Crippen LogP contribution in [-0.2, 0) is 0 Å². The van der Waals surface area contributed by atoms with Gasteiger partial charge in [0, 0.05) is 13.2 Å². The summed E-state index contributed by atoms with van der Waals surface area (Å²) in [6, 6.07) is 0. The number of rotatable bonds is 7. The van der Waals surface area contributed by atoms with Crippen molar-refractivity contribution < 1.29 is 10.2 Å². The second-order valence-corrected chi connectivity index (χ2v) is 5.14. The van der Waals surface area contributed by atoms with Gasteiger partial charge in [-0.15, -0.1) is 0 Å². The summed E-state index contributed by atoms with van der Waals surface area (Å²) in [5, 5.41) is 18.1. The molecule has 0 spiro atoms. The predicted octanol–water partition coefficient (Wildman–Crippen LogP) is 1.63. The Balaban J connectivity index is 2.16. The third-order valence-electron chi connectivity index (χ3n) is 4.13. The molecule has 3 heteroatoms. The molecule has 1 aliphatic rings. The van der Waals surface area contributed by atoms with Gasteiger partial charge >= 0.3 is 0 Å². The number of aliphatic hydroxyl groups excluding tert-OH is 2. The highest BCUT2D eigenvalue weighted by atomic mass is 16.3. The number of nitrogens with zero attached hydrogens (tertiary/aromatic N) is 1. The Morgan fingerprint density at radius 3 is 2.25 bits per heavy atom. The molecule has 3 nitrogen and oxygen atoms in total. The lowest BCUT2D eigenvalue weighted by atomic mass is 9.77. The molecule has 96 valence electrons. The lowest BCUT2D eigenvalue weighted by Gasteiger charge is -2.40. The van der Waals surface area contributed by atoms with Crippen molar-refractivity contribution in [2.75, 3.05) is 32.8 Å². The molecule has 1 rings (SSSR count). The molecule has 0 radical (unpaired) electrons. The number of likely N-dealkylation sites (tertiary alicyclic amines) is 1. The van der Waals surface area contributed by atoms with E-state index in [1.165, 1.54) is 6.42 Å². The molecule has 0 bridgehead atoms. The maximum Gasteiger partial charge on any atom is 0.0488 e. The molecule has 1 fully saturated rings. The zero-order valence-electron chi connectivity index (χ0n) is 10.6. The normalized spacial score (nSPS) is 21.2. The highest BCUT2D eigenvalue weighted by molar-refractivity contribution is 4.84. The summed E-state index contributed by atoms with van der Waals surface area (Å²) >= 11 is 0. The van der Waals surface area contributed by atoms with Crippen molar-refractivity contribution in [3.05, 3.63) is 0 Å². The molecule has 0 aromatic carbocycles. The summed E-state index contributed by atoms with van der Waals surface area (Å²) in [6.07, 6.45) is 6.63. The van der Waals surface area contributed by atoms with Crippen LogP contribution in [0, 0.1) is 5.41 Å². The van der Waals surface area contributed by atoms with Crippen molar-refractivity contribution in [1.82, 2.24) is 4.90 Å². The molecule has 0 unspecified atom stereocenters. The lowest BCUT2D eigenvalue weighted by molar-refractivity contribution is 0.0403. The molecule has 0 atom stereocenters. The van der Waals surface area contributed by atoms with Crippen LogP contribution in [-0.4, -0.2) is 48.0 Å². The topological polar surface area (TPSA) is 43.7 Å². The Kier molecular flexibility index (Phi) is 6.32. The van der Waals surface area contributed by atoms with E-state index >= 15 is 0 Å². The Hall–Kier alpha value is -0.120. The quantitative estimate of drug-likeness (QED) is 0.652. The summed E-state index contributed by atoms with van der Waals surface area (Å²) in [5.41, 5.74) is 0.210. The highest BCUT2D eigenvalue weighted by Gasteiger charge is 2.31. The van der Waals surface area contributed by atoms with E-state index in [-0.39, 0.29) is 5.41 Å². The van der Waals surface area contributed by atoms with Crippen LogP contribution >= 0.6 is 0 Å². The standard InChI is InChI=1S/C13H27NO2/c1-2-13(12-16)6-9-14(10-7-13)8-4-3-5-11-15/h15-16H,2-12H2,1H3. The zero-order valence-corrected chi connectivity index (χ0v) is 10.6. The van der Waals surface area contributed by atoms with Crippen molar-refractivity contribution in [2.45, 2.75) is 45.4 Å². The Morgan fingerprint density at radius 1 is 1.06 bits per heavy atom. The number of piperidine rings is 1. The fraction of sp³-hybridized carbons (Fsp3) is 1.00. The Labute approximate surface area is 99.5 Å². The average molecular weight is 229 g/mol. The third kappa shape index (κ3) is 4.04. The smallest absolute Gasteiger partial charge is 0.0488 e. The van der Waals surface area contributed by atoms with E-state index in [4.69, 9.17) is 5.11 Å². The van der Waals surface area contributed by atoms with Crippen LogP contribution in [0.1, 0.15) is 45.4 Å². The molecule has 0 aliphatic carbocycles. The first-order chi connectivity index (χ1) is 7.76. The van der Waals surface area contributed by atoms with Crippen LogP contribution in [0.25, 0.3) is 0 Å². The van der Waals surface area contributed by atoms with Crippen LogP contribution in [0.15, 0.2) is 0 Å². The zero-order chi connectivity index (χ0) is 11.9. The van der Waals surface area contributed by atoms with Gasteiger partial charge in [-0.05, 0) is 63.6 Å². The molecule has 1 saturated heterocycles. The van der Waals surface area contributed by atoms with Crippen LogP contribution in [0.2, 0.25) is 0 Å². The van der Waals surface area contributed by atoms with Gasteiger partial charge in [-0.1, -0.05) is 6.92 Å². The number of hydrogen-bond donors (Lipinski definition) is 2. The van der Waals surface area contributed by atoms with Gasteiger partial charge in [-0.2, -0.15) is 0 Å². The first kappa shape index (κ1) is 13.9. The summed E-state index contributed by atoms with van der Waals surface area (Å²) < 4.78 is 0.